The Bertz CT molecular complexity index is 1330. The van der Waals surface area contributed by atoms with Crippen molar-refractivity contribution in [3.63, 3.8) is 0 Å². The van der Waals surface area contributed by atoms with Crippen LogP contribution in [0, 0.1) is 11.3 Å². The zero-order valence-corrected chi connectivity index (χ0v) is 15.7. The van der Waals surface area contributed by atoms with Crippen molar-refractivity contribution in [2.75, 3.05) is 11.1 Å². The van der Waals surface area contributed by atoms with Gasteiger partial charge in [0, 0.05) is 5.69 Å². The lowest BCUT2D eigenvalue weighted by Crippen LogP contribution is -2.11. The maximum atomic E-state index is 11.3. The van der Waals surface area contributed by atoms with E-state index in [0.717, 1.165) is 10.2 Å². The fraction of sp³-hybridized carbons (Fsp3) is 0. The first-order chi connectivity index (χ1) is 13.3. The van der Waals surface area contributed by atoms with E-state index in [1.165, 1.54) is 40.3 Å². The van der Waals surface area contributed by atoms with Crippen LogP contribution < -0.4 is 16.2 Å². The van der Waals surface area contributed by atoms with Crippen LogP contribution in [0.15, 0.2) is 47.4 Å². The molecule has 28 heavy (non-hydrogen) atoms. The molecule has 0 bridgehead atoms. The molecule has 0 saturated heterocycles. The van der Waals surface area contributed by atoms with Crippen molar-refractivity contribution in [3.8, 4) is 11.2 Å². The molecule has 10 nitrogen and oxygen atoms in total. The third kappa shape index (κ3) is 3.37. The fourth-order valence-corrected chi connectivity index (χ4v) is 3.93. The van der Waals surface area contributed by atoms with Gasteiger partial charge in [0.2, 0.25) is 27.1 Å². The topological polar surface area (TPSA) is 166 Å². The number of benzene rings is 2. The summed E-state index contributed by atoms with van der Waals surface area (Å²) in [4.78, 5) is 8.61. The number of thiazole rings is 1. The highest BCUT2D eigenvalue weighted by molar-refractivity contribution is 7.89. The van der Waals surface area contributed by atoms with Crippen molar-refractivity contribution < 1.29 is 8.42 Å². The number of hydrogen-bond donors (Lipinski definition) is 3. The Morgan fingerprint density at radius 1 is 1.14 bits per heavy atom. The largest absolute Gasteiger partial charge is 0.368 e. The van der Waals surface area contributed by atoms with Gasteiger partial charge < -0.3 is 11.1 Å². The van der Waals surface area contributed by atoms with Gasteiger partial charge in [-0.15, -0.1) is 5.10 Å². The van der Waals surface area contributed by atoms with Gasteiger partial charge in [-0.3, -0.25) is 0 Å². The van der Waals surface area contributed by atoms with Crippen molar-refractivity contribution in [2.24, 2.45) is 5.14 Å². The lowest BCUT2D eigenvalue weighted by Gasteiger charge is -2.02. The van der Waals surface area contributed by atoms with Crippen LogP contribution in [0.4, 0.5) is 17.6 Å². The van der Waals surface area contributed by atoms with Crippen LogP contribution in [0.3, 0.4) is 0 Å². The minimum Gasteiger partial charge on any atom is -0.368 e. The van der Waals surface area contributed by atoms with Crippen molar-refractivity contribution in [1.82, 2.24) is 19.7 Å². The van der Waals surface area contributed by atoms with Crippen LogP contribution in [0.5, 0.6) is 0 Å². The summed E-state index contributed by atoms with van der Waals surface area (Å²) in [6.45, 7) is 0. The van der Waals surface area contributed by atoms with Gasteiger partial charge in [0.15, 0.2) is 0 Å². The monoisotopic (exact) mass is 412 g/mol. The molecule has 0 aliphatic rings. The number of nitrogen functional groups attached to an aromatic ring is 1. The van der Waals surface area contributed by atoms with Crippen LogP contribution in [-0.2, 0) is 10.0 Å². The summed E-state index contributed by atoms with van der Waals surface area (Å²) in [5.41, 5.74) is 7.78. The molecule has 0 unspecified atom stereocenters. The van der Waals surface area contributed by atoms with Crippen LogP contribution in [0.25, 0.3) is 15.3 Å². The molecule has 0 aliphatic carbocycles. The van der Waals surface area contributed by atoms with E-state index in [4.69, 9.17) is 16.1 Å². The first-order valence-electron chi connectivity index (χ1n) is 7.77. The van der Waals surface area contributed by atoms with Gasteiger partial charge in [0.1, 0.15) is 0 Å². The zero-order chi connectivity index (χ0) is 19.9. The van der Waals surface area contributed by atoms with Gasteiger partial charge in [0.05, 0.1) is 26.7 Å². The first kappa shape index (κ1) is 17.9. The molecule has 0 atom stereocenters. The number of nitriles is 1. The van der Waals surface area contributed by atoms with E-state index in [0.29, 0.717) is 16.4 Å². The molecule has 4 aromatic rings. The smallest absolute Gasteiger partial charge is 0.248 e. The summed E-state index contributed by atoms with van der Waals surface area (Å²) >= 11 is 1.33. The Morgan fingerprint density at radius 3 is 2.57 bits per heavy atom. The number of nitrogens with zero attached hydrogens (tertiary/aromatic N) is 5. The highest BCUT2D eigenvalue weighted by atomic mass is 32.2. The predicted octanol–water partition coefficient (Wildman–Crippen LogP) is 1.72. The van der Waals surface area contributed by atoms with Crippen molar-refractivity contribution >= 4 is 49.2 Å². The second-order valence-electron chi connectivity index (χ2n) is 5.69. The zero-order valence-electron chi connectivity index (χ0n) is 14.1. The molecular weight excluding hydrogens is 400 g/mol. The van der Waals surface area contributed by atoms with Gasteiger partial charge >= 0.3 is 0 Å². The molecule has 2 heterocycles. The SMILES string of the molecule is N#Cc1ccc2nc(-n3nc(Nc4ccc(S(N)(=O)=O)cc4)nc3N)sc2c1. The number of rotatable bonds is 4. The molecule has 140 valence electrons. The van der Waals surface area contributed by atoms with Crippen molar-refractivity contribution in [1.29, 1.82) is 5.26 Å². The Kier molecular flexibility index (Phi) is 4.19. The summed E-state index contributed by atoms with van der Waals surface area (Å²) in [5, 5.41) is 21.8. The van der Waals surface area contributed by atoms with E-state index in [1.807, 2.05) is 0 Å². The van der Waals surface area contributed by atoms with Crippen LogP contribution in [0.2, 0.25) is 0 Å². The van der Waals surface area contributed by atoms with E-state index in [-0.39, 0.29) is 16.8 Å². The lowest BCUT2D eigenvalue weighted by molar-refractivity contribution is 0.598. The summed E-state index contributed by atoms with van der Waals surface area (Å²) in [7, 11) is -3.76. The molecule has 0 aliphatic heterocycles. The molecular formula is C16H12N8O2S2. The van der Waals surface area contributed by atoms with Crippen molar-refractivity contribution in [2.45, 2.75) is 4.90 Å². The summed E-state index contributed by atoms with van der Waals surface area (Å²) in [5.74, 6) is 0.348. The Labute approximate surface area is 163 Å². The van der Waals surface area contributed by atoms with Gasteiger partial charge in [-0.25, -0.2) is 18.5 Å². The van der Waals surface area contributed by atoms with E-state index in [1.54, 1.807) is 18.2 Å². The third-order valence-electron chi connectivity index (χ3n) is 3.76. The number of nitrogens with two attached hydrogens (primary N) is 2. The number of fused-ring (bicyclic) bond motifs is 1. The van der Waals surface area contributed by atoms with E-state index < -0.39 is 10.0 Å². The highest BCUT2D eigenvalue weighted by Crippen LogP contribution is 2.27. The summed E-state index contributed by atoms with van der Waals surface area (Å²) in [6.07, 6.45) is 0. The second-order valence-corrected chi connectivity index (χ2v) is 8.26. The Balaban J connectivity index is 1.63. The number of nitrogens with one attached hydrogen (secondary N) is 1. The van der Waals surface area contributed by atoms with E-state index >= 15 is 0 Å². The van der Waals surface area contributed by atoms with Crippen LogP contribution in [0.1, 0.15) is 5.56 Å². The van der Waals surface area contributed by atoms with Gasteiger partial charge in [-0.2, -0.15) is 14.9 Å². The Hall–Kier alpha value is -3.53. The summed E-state index contributed by atoms with van der Waals surface area (Å²) in [6, 6.07) is 13.1. The standard InChI is InChI=1S/C16H12N8O2S2/c17-8-9-1-6-12-13(7-9)27-16(21-12)24-14(18)22-15(23-24)20-10-2-4-11(5-3-10)28(19,25)26/h1-7H,(H2,19,25,26)(H3,18,20,22,23). The van der Waals surface area contributed by atoms with Crippen LogP contribution in [-0.4, -0.2) is 28.2 Å². The maximum Gasteiger partial charge on any atom is 0.248 e. The predicted molar refractivity (Wildman–Crippen MR) is 105 cm³/mol. The number of primary sulfonamides is 1. The molecule has 12 heteroatoms. The number of aromatic nitrogens is 4. The molecule has 4 rings (SSSR count). The molecule has 5 N–H and O–H groups in total. The average Bonchev–Trinajstić information content (AvgIpc) is 3.23. The Morgan fingerprint density at radius 2 is 1.89 bits per heavy atom. The fourth-order valence-electron chi connectivity index (χ4n) is 2.45. The average molecular weight is 412 g/mol. The molecule has 0 saturated carbocycles. The maximum absolute atomic E-state index is 11.3. The quantitative estimate of drug-likeness (QED) is 0.455. The van der Waals surface area contributed by atoms with Gasteiger partial charge in [-0.05, 0) is 42.5 Å². The number of sulfonamides is 1. The first-order valence-corrected chi connectivity index (χ1v) is 10.1. The second kappa shape index (κ2) is 6.57. The summed E-state index contributed by atoms with van der Waals surface area (Å²) < 4.78 is 24.8. The lowest BCUT2D eigenvalue weighted by atomic mass is 10.2. The number of anilines is 3. The van der Waals surface area contributed by atoms with Gasteiger partial charge in [-0.1, -0.05) is 11.3 Å². The molecule has 0 fully saturated rings. The highest BCUT2D eigenvalue weighted by Gasteiger charge is 2.14. The van der Waals surface area contributed by atoms with Crippen molar-refractivity contribution in [3.05, 3.63) is 48.0 Å². The molecule has 0 amide bonds. The third-order valence-corrected chi connectivity index (χ3v) is 5.68. The molecule has 2 aromatic heterocycles. The molecule has 0 spiro atoms. The minimum atomic E-state index is -3.76. The number of hydrogen-bond acceptors (Lipinski definition) is 9. The minimum absolute atomic E-state index is 0.00210. The van der Waals surface area contributed by atoms with E-state index in [2.05, 4.69) is 26.5 Å². The molecule has 2 aromatic carbocycles. The van der Waals surface area contributed by atoms with Gasteiger partial charge in [0.25, 0.3) is 0 Å². The normalized spacial score (nSPS) is 11.4. The molecule has 0 radical (unpaired) electrons. The van der Waals surface area contributed by atoms with Crippen LogP contribution >= 0.6 is 11.3 Å². The van der Waals surface area contributed by atoms with E-state index in [9.17, 15) is 8.42 Å².